The molecule has 1 unspecified atom stereocenters. The second-order valence-electron chi connectivity index (χ2n) is 3.17. The van der Waals surface area contributed by atoms with Crippen molar-refractivity contribution in [3.63, 3.8) is 0 Å². The third-order valence-electron chi connectivity index (χ3n) is 2.01. The lowest BCUT2D eigenvalue weighted by Crippen LogP contribution is -2.15. The summed E-state index contributed by atoms with van der Waals surface area (Å²) in [6.45, 7) is 7.35. The molecule has 0 aromatic carbocycles. The van der Waals surface area contributed by atoms with E-state index in [4.69, 9.17) is 10.5 Å². The van der Waals surface area contributed by atoms with Gasteiger partial charge in [-0.25, -0.2) is 4.68 Å². The van der Waals surface area contributed by atoms with Gasteiger partial charge in [-0.15, -0.1) is 0 Å². The minimum absolute atomic E-state index is 0.202. The van der Waals surface area contributed by atoms with Crippen LogP contribution in [0.25, 0.3) is 0 Å². The molecule has 4 heteroatoms. The zero-order valence-electron chi connectivity index (χ0n) is 8.45. The van der Waals surface area contributed by atoms with Crippen LogP contribution in [0.2, 0.25) is 0 Å². The fraction of sp³-hybridized carbons (Fsp3) is 0.667. The first-order valence-electron chi connectivity index (χ1n) is 4.54. The second-order valence-corrected chi connectivity index (χ2v) is 3.17. The van der Waals surface area contributed by atoms with Crippen molar-refractivity contribution in [2.24, 2.45) is 0 Å². The molecule has 2 N–H and O–H groups in total. The smallest absolute Gasteiger partial charge is 0.125 e. The number of hydrogen-bond donors (Lipinski definition) is 1. The highest BCUT2D eigenvalue weighted by molar-refractivity contribution is 5.37. The molecule has 1 rings (SSSR count). The van der Waals surface area contributed by atoms with Crippen LogP contribution in [0.15, 0.2) is 6.20 Å². The van der Waals surface area contributed by atoms with Crippen molar-refractivity contribution in [1.29, 1.82) is 0 Å². The fourth-order valence-corrected chi connectivity index (χ4v) is 1.17. The fourth-order valence-electron chi connectivity index (χ4n) is 1.17. The van der Waals surface area contributed by atoms with E-state index < -0.39 is 0 Å². The number of ether oxygens (including phenoxy) is 1. The van der Waals surface area contributed by atoms with E-state index in [0.717, 1.165) is 18.0 Å². The molecule has 0 aliphatic heterocycles. The van der Waals surface area contributed by atoms with Gasteiger partial charge in [0.05, 0.1) is 18.8 Å². The van der Waals surface area contributed by atoms with E-state index in [1.54, 1.807) is 10.9 Å². The van der Waals surface area contributed by atoms with Crippen LogP contribution in [0.4, 0.5) is 5.82 Å². The van der Waals surface area contributed by atoms with Gasteiger partial charge in [-0.2, -0.15) is 5.10 Å². The minimum Gasteiger partial charge on any atom is -0.384 e. The third-order valence-corrected chi connectivity index (χ3v) is 2.01. The zero-order chi connectivity index (χ0) is 9.84. The van der Waals surface area contributed by atoms with Crippen LogP contribution < -0.4 is 5.73 Å². The van der Waals surface area contributed by atoms with Crippen molar-refractivity contribution in [3.8, 4) is 0 Å². The highest BCUT2D eigenvalue weighted by Crippen LogP contribution is 2.15. The lowest BCUT2D eigenvalue weighted by molar-refractivity contribution is 0.115. The normalized spacial score (nSPS) is 13.2. The van der Waals surface area contributed by atoms with Crippen LogP contribution in [-0.2, 0) is 4.74 Å². The predicted octanol–water partition coefficient (Wildman–Crippen LogP) is 1.37. The summed E-state index contributed by atoms with van der Waals surface area (Å²) >= 11 is 0. The van der Waals surface area contributed by atoms with E-state index in [-0.39, 0.29) is 6.04 Å². The number of hydrogen-bond acceptors (Lipinski definition) is 3. The summed E-state index contributed by atoms with van der Waals surface area (Å²) < 4.78 is 7.09. The third kappa shape index (κ3) is 2.21. The van der Waals surface area contributed by atoms with Crippen LogP contribution >= 0.6 is 0 Å². The number of rotatable bonds is 4. The Bertz CT molecular complexity index is 270. The Morgan fingerprint density at radius 1 is 1.69 bits per heavy atom. The van der Waals surface area contributed by atoms with Gasteiger partial charge in [-0.1, -0.05) is 0 Å². The highest BCUT2D eigenvalue weighted by atomic mass is 16.5. The molecule has 74 valence electrons. The van der Waals surface area contributed by atoms with Gasteiger partial charge < -0.3 is 10.5 Å². The molecule has 1 aromatic rings. The average Bonchev–Trinajstić information content (AvgIpc) is 2.44. The molecule has 1 atom stereocenters. The molecule has 0 saturated heterocycles. The molecule has 1 aromatic heterocycles. The van der Waals surface area contributed by atoms with Crippen molar-refractivity contribution in [2.75, 3.05) is 18.9 Å². The Kier molecular flexibility index (Phi) is 3.31. The monoisotopic (exact) mass is 183 g/mol. The topological polar surface area (TPSA) is 53.1 Å². The van der Waals surface area contributed by atoms with Gasteiger partial charge in [0.15, 0.2) is 0 Å². The molecule has 0 bridgehead atoms. The van der Waals surface area contributed by atoms with Gasteiger partial charge in [0.2, 0.25) is 0 Å². The Morgan fingerprint density at radius 3 is 2.85 bits per heavy atom. The summed E-state index contributed by atoms with van der Waals surface area (Å²) in [5.41, 5.74) is 6.84. The van der Waals surface area contributed by atoms with Gasteiger partial charge in [-0.05, 0) is 20.8 Å². The molecule has 0 aliphatic rings. The quantitative estimate of drug-likeness (QED) is 0.767. The summed E-state index contributed by atoms with van der Waals surface area (Å²) in [4.78, 5) is 0. The van der Waals surface area contributed by atoms with Crippen LogP contribution in [-0.4, -0.2) is 23.0 Å². The molecule has 0 amide bonds. The zero-order valence-corrected chi connectivity index (χ0v) is 8.45. The van der Waals surface area contributed by atoms with Crippen molar-refractivity contribution in [2.45, 2.75) is 26.8 Å². The van der Waals surface area contributed by atoms with Crippen LogP contribution in [0, 0.1) is 6.92 Å². The molecule has 0 aliphatic carbocycles. The first kappa shape index (κ1) is 10.1. The maximum absolute atomic E-state index is 5.82. The summed E-state index contributed by atoms with van der Waals surface area (Å²) in [5.74, 6) is 0.729. The highest BCUT2D eigenvalue weighted by Gasteiger charge is 2.09. The van der Waals surface area contributed by atoms with Crippen molar-refractivity contribution >= 4 is 5.82 Å². The SMILES string of the molecule is CCOCC(C)n1ncc(C)c1N. The maximum Gasteiger partial charge on any atom is 0.125 e. The van der Waals surface area contributed by atoms with E-state index in [1.807, 2.05) is 20.8 Å². The van der Waals surface area contributed by atoms with Crippen LogP contribution in [0.3, 0.4) is 0 Å². The number of aryl methyl sites for hydroxylation is 1. The van der Waals surface area contributed by atoms with E-state index in [9.17, 15) is 0 Å². The summed E-state index contributed by atoms with van der Waals surface area (Å²) in [5, 5.41) is 4.18. The average molecular weight is 183 g/mol. The molecule has 1 heterocycles. The largest absolute Gasteiger partial charge is 0.384 e. The molecule has 13 heavy (non-hydrogen) atoms. The molecular formula is C9H17N3O. The summed E-state index contributed by atoms with van der Waals surface area (Å²) in [6, 6.07) is 0.202. The predicted molar refractivity (Wildman–Crippen MR) is 52.6 cm³/mol. The number of aromatic nitrogens is 2. The summed E-state index contributed by atoms with van der Waals surface area (Å²) in [7, 11) is 0. The molecule has 0 radical (unpaired) electrons. The molecule has 4 nitrogen and oxygen atoms in total. The Labute approximate surface area is 78.7 Å². The summed E-state index contributed by atoms with van der Waals surface area (Å²) in [6.07, 6.45) is 1.78. The van der Waals surface area contributed by atoms with Crippen LogP contribution in [0.1, 0.15) is 25.5 Å². The van der Waals surface area contributed by atoms with Gasteiger partial charge in [0.1, 0.15) is 5.82 Å². The second kappa shape index (κ2) is 4.28. The first-order chi connectivity index (χ1) is 6.16. The molecular weight excluding hydrogens is 166 g/mol. The van der Waals surface area contributed by atoms with E-state index in [1.165, 1.54) is 0 Å². The number of nitrogens with two attached hydrogens (primary N) is 1. The molecule has 0 saturated carbocycles. The lowest BCUT2D eigenvalue weighted by atomic mass is 10.3. The van der Waals surface area contributed by atoms with Gasteiger partial charge in [-0.3, -0.25) is 0 Å². The van der Waals surface area contributed by atoms with Crippen molar-refractivity contribution < 1.29 is 4.74 Å². The molecule has 0 spiro atoms. The maximum atomic E-state index is 5.82. The van der Waals surface area contributed by atoms with Gasteiger partial charge in [0, 0.05) is 12.2 Å². The number of anilines is 1. The van der Waals surface area contributed by atoms with E-state index >= 15 is 0 Å². The van der Waals surface area contributed by atoms with E-state index in [0.29, 0.717) is 6.61 Å². The minimum atomic E-state index is 0.202. The Morgan fingerprint density at radius 2 is 2.38 bits per heavy atom. The number of nitrogens with zero attached hydrogens (tertiary/aromatic N) is 2. The first-order valence-corrected chi connectivity index (χ1v) is 4.54. The van der Waals surface area contributed by atoms with Crippen molar-refractivity contribution in [3.05, 3.63) is 11.8 Å². The molecule has 0 fully saturated rings. The standard InChI is InChI=1S/C9H17N3O/c1-4-13-6-8(3)12-9(10)7(2)5-11-12/h5,8H,4,6,10H2,1-3H3. The lowest BCUT2D eigenvalue weighted by Gasteiger charge is -2.13. The van der Waals surface area contributed by atoms with Crippen molar-refractivity contribution in [1.82, 2.24) is 9.78 Å². The Hall–Kier alpha value is -1.03. The van der Waals surface area contributed by atoms with Gasteiger partial charge in [0.25, 0.3) is 0 Å². The van der Waals surface area contributed by atoms with Crippen LogP contribution in [0.5, 0.6) is 0 Å². The number of nitrogen functional groups attached to an aromatic ring is 1. The van der Waals surface area contributed by atoms with Gasteiger partial charge >= 0.3 is 0 Å². The van der Waals surface area contributed by atoms with E-state index in [2.05, 4.69) is 5.10 Å². The Balaban J connectivity index is 2.65.